The maximum Gasteiger partial charge on any atom is 0.127 e. The van der Waals surface area contributed by atoms with Crippen LogP contribution in [0.5, 0.6) is 5.75 Å². The van der Waals surface area contributed by atoms with Crippen molar-refractivity contribution in [2.75, 3.05) is 6.61 Å². The van der Waals surface area contributed by atoms with Crippen LogP contribution in [0.3, 0.4) is 0 Å². The van der Waals surface area contributed by atoms with Crippen LogP contribution in [0.15, 0.2) is 42.5 Å². The van der Waals surface area contributed by atoms with E-state index in [9.17, 15) is 0 Å². The molecule has 0 aliphatic carbocycles. The summed E-state index contributed by atoms with van der Waals surface area (Å²) in [7, 11) is 0. The molecule has 2 aromatic rings. The van der Waals surface area contributed by atoms with Gasteiger partial charge in [0.15, 0.2) is 0 Å². The molecular weight excluding hydrogens is 188 g/mol. The molecule has 0 fully saturated rings. The first-order chi connectivity index (χ1) is 7.31. The molecule has 2 aromatic carbocycles. The van der Waals surface area contributed by atoms with Gasteiger partial charge >= 0.3 is 0 Å². The summed E-state index contributed by atoms with van der Waals surface area (Å²) in [5.74, 6) is 0.828. The molecule has 0 radical (unpaired) electrons. The summed E-state index contributed by atoms with van der Waals surface area (Å²) in [5.41, 5.74) is 0. The molecule has 2 nitrogen and oxygen atoms in total. The Morgan fingerprint density at radius 2 is 1.87 bits per heavy atom. The summed E-state index contributed by atoms with van der Waals surface area (Å²) in [6.07, 6.45) is -0.171. The van der Waals surface area contributed by atoms with Crippen LogP contribution in [-0.2, 0) is 0 Å². The normalized spacial score (nSPS) is 12.7. The molecule has 0 amide bonds. The van der Waals surface area contributed by atoms with Gasteiger partial charge in [-0.05, 0) is 18.4 Å². The zero-order valence-corrected chi connectivity index (χ0v) is 8.68. The number of fused-ring (bicyclic) bond motifs is 1. The van der Waals surface area contributed by atoms with Crippen LogP contribution < -0.4 is 4.74 Å². The van der Waals surface area contributed by atoms with Crippen molar-refractivity contribution in [1.29, 1.82) is 0 Å². The van der Waals surface area contributed by atoms with Crippen molar-refractivity contribution < 1.29 is 9.84 Å². The number of hydrogen-bond donors (Lipinski definition) is 1. The lowest BCUT2D eigenvalue weighted by Gasteiger charge is -2.13. The van der Waals surface area contributed by atoms with Gasteiger partial charge in [-0.25, -0.2) is 0 Å². The highest BCUT2D eigenvalue weighted by molar-refractivity contribution is 5.88. The molecule has 15 heavy (non-hydrogen) atoms. The Morgan fingerprint density at radius 1 is 1.13 bits per heavy atom. The van der Waals surface area contributed by atoms with Gasteiger partial charge in [-0.1, -0.05) is 36.4 Å². The van der Waals surface area contributed by atoms with Crippen LogP contribution in [-0.4, -0.2) is 17.8 Å². The van der Waals surface area contributed by atoms with E-state index >= 15 is 0 Å². The molecule has 0 heterocycles. The molecular formula is C13H14O2. The molecule has 1 N–H and O–H groups in total. The first-order valence-electron chi connectivity index (χ1n) is 5.06. The molecule has 0 spiro atoms. The van der Waals surface area contributed by atoms with Crippen LogP contribution in [0, 0.1) is 0 Å². The minimum absolute atomic E-state index is 0.0310. The van der Waals surface area contributed by atoms with Gasteiger partial charge in [0.1, 0.15) is 11.9 Å². The lowest BCUT2D eigenvalue weighted by Crippen LogP contribution is -2.16. The average Bonchev–Trinajstić information content (AvgIpc) is 2.29. The number of rotatable bonds is 3. The highest BCUT2D eigenvalue weighted by Gasteiger charge is 2.05. The molecule has 0 aliphatic heterocycles. The topological polar surface area (TPSA) is 29.5 Å². The van der Waals surface area contributed by atoms with Gasteiger partial charge in [-0.15, -0.1) is 0 Å². The van der Waals surface area contributed by atoms with E-state index in [4.69, 9.17) is 9.84 Å². The van der Waals surface area contributed by atoms with Crippen molar-refractivity contribution in [3.8, 4) is 5.75 Å². The lowest BCUT2D eigenvalue weighted by atomic mass is 10.1. The Kier molecular flexibility index (Phi) is 2.88. The molecule has 0 unspecified atom stereocenters. The Hall–Kier alpha value is -1.54. The quantitative estimate of drug-likeness (QED) is 0.829. The minimum Gasteiger partial charge on any atom is -0.488 e. The molecule has 0 saturated heterocycles. The van der Waals surface area contributed by atoms with Gasteiger partial charge in [0.25, 0.3) is 0 Å². The van der Waals surface area contributed by atoms with Gasteiger partial charge in [0.05, 0.1) is 6.61 Å². The Labute approximate surface area is 89.1 Å². The molecule has 0 saturated carbocycles. The standard InChI is InChI=1S/C13H14O2/c1-10(9-14)15-13-8-4-6-11-5-2-3-7-12(11)13/h2-8,10,14H,9H2,1H3/t10-/m1/s1. The monoisotopic (exact) mass is 202 g/mol. The molecule has 2 heteroatoms. The van der Waals surface area contributed by atoms with Crippen LogP contribution >= 0.6 is 0 Å². The zero-order chi connectivity index (χ0) is 10.7. The van der Waals surface area contributed by atoms with Gasteiger partial charge in [0, 0.05) is 5.39 Å². The van der Waals surface area contributed by atoms with Crippen molar-refractivity contribution in [3.63, 3.8) is 0 Å². The van der Waals surface area contributed by atoms with Gasteiger partial charge in [0.2, 0.25) is 0 Å². The highest BCUT2D eigenvalue weighted by atomic mass is 16.5. The van der Waals surface area contributed by atoms with Crippen molar-refractivity contribution in [1.82, 2.24) is 0 Å². The Bertz CT molecular complexity index is 446. The third kappa shape index (κ3) is 2.10. The molecule has 1 atom stereocenters. The van der Waals surface area contributed by atoms with E-state index in [0.29, 0.717) is 0 Å². The fraction of sp³-hybridized carbons (Fsp3) is 0.231. The summed E-state index contributed by atoms with van der Waals surface area (Å²) in [4.78, 5) is 0. The number of ether oxygens (including phenoxy) is 1. The molecule has 0 bridgehead atoms. The maximum absolute atomic E-state index is 8.94. The summed E-state index contributed by atoms with van der Waals surface area (Å²) in [5, 5.41) is 11.2. The van der Waals surface area contributed by atoms with Crippen LogP contribution in [0.1, 0.15) is 6.92 Å². The SMILES string of the molecule is C[C@H](CO)Oc1cccc2ccccc12. The molecule has 2 rings (SSSR count). The van der Waals surface area contributed by atoms with E-state index in [1.165, 1.54) is 0 Å². The minimum atomic E-state index is -0.171. The van der Waals surface area contributed by atoms with Crippen LogP contribution in [0.25, 0.3) is 10.8 Å². The van der Waals surface area contributed by atoms with E-state index in [0.717, 1.165) is 16.5 Å². The fourth-order valence-corrected chi connectivity index (χ4v) is 1.55. The average molecular weight is 202 g/mol. The Balaban J connectivity index is 2.42. The van der Waals surface area contributed by atoms with Gasteiger partial charge in [-0.3, -0.25) is 0 Å². The van der Waals surface area contributed by atoms with E-state index in [2.05, 4.69) is 0 Å². The fourth-order valence-electron chi connectivity index (χ4n) is 1.55. The number of hydrogen-bond acceptors (Lipinski definition) is 2. The first kappa shape index (κ1) is 9.99. The predicted molar refractivity (Wildman–Crippen MR) is 61.1 cm³/mol. The predicted octanol–water partition coefficient (Wildman–Crippen LogP) is 2.60. The lowest BCUT2D eigenvalue weighted by molar-refractivity contribution is 0.131. The number of aliphatic hydroxyl groups excluding tert-OH is 1. The Morgan fingerprint density at radius 3 is 2.67 bits per heavy atom. The summed E-state index contributed by atoms with van der Waals surface area (Å²) < 4.78 is 5.63. The second-order valence-electron chi connectivity index (χ2n) is 3.59. The molecule has 0 aliphatic rings. The van der Waals surface area contributed by atoms with Gasteiger partial charge < -0.3 is 9.84 Å². The van der Waals surface area contributed by atoms with E-state index in [1.54, 1.807) is 0 Å². The summed E-state index contributed by atoms with van der Waals surface area (Å²) in [6, 6.07) is 14.0. The largest absolute Gasteiger partial charge is 0.488 e. The third-order valence-electron chi connectivity index (χ3n) is 2.33. The summed E-state index contributed by atoms with van der Waals surface area (Å²) in [6.45, 7) is 1.88. The van der Waals surface area contributed by atoms with E-state index in [-0.39, 0.29) is 12.7 Å². The van der Waals surface area contributed by atoms with Crippen molar-refractivity contribution in [3.05, 3.63) is 42.5 Å². The van der Waals surface area contributed by atoms with Crippen LogP contribution in [0.4, 0.5) is 0 Å². The second kappa shape index (κ2) is 4.32. The second-order valence-corrected chi connectivity index (χ2v) is 3.59. The van der Waals surface area contributed by atoms with Crippen molar-refractivity contribution in [2.45, 2.75) is 13.0 Å². The number of benzene rings is 2. The summed E-state index contributed by atoms with van der Waals surface area (Å²) >= 11 is 0. The molecule has 0 aromatic heterocycles. The highest BCUT2D eigenvalue weighted by Crippen LogP contribution is 2.25. The van der Waals surface area contributed by atoms with Crippen molar-refractivity contribution >= 4 is 10.8 Å². The first-order valence-corrected chi connectivity index (χ1v) is 5.06. The zero-order valence-electron chi connectivity index (χ0n) is 8.68. The van der Waals surface area contributed by atoms with E-state index < -0.39 is 0 Å². The molecule has 78 valence electrons. The smallest absolute Gasteiger partial charge is 0.127 e. The third-order valence-corrected chi connectivity index (χ3v) is 2.33. The number of aliphatic hydroxyl groups is 1. The van der Waals surface area contributed by atoms with Gasteiger partial charge in [-0.2, -0.15) is 0 Å². The van der Waals surface area contributed by atoms with Crippen molar-refractivity contribution in [2.24, 2.45) is 0 Å². The van der Waals surface area contributed by atoms with Crippen LogP contribution in [0.2, 0.25) is 0 Å². The maximum atomic E-state index is 8.94. The van der Waals surface area contributed by atoms with E-state index in [1.807, 2.05) is 49.4 Å².